The summed E-state index contributed by atoms with van der Waals surface area (Å²) >= 11 is 1.64. The van der Waals surface area contributed by atoms with E-state index in [2.05, 4.69) is 5.32 Å². The third kappa shape index (κ3) is 4.40. The Labute approximate surface area is 112 Å². The van der Waals surface area contributed by atoms with Crippen LogP contribution in [0.3, 0.4) is 0 Å². The average molecular weight is 268 g/mol. The minimum absolute atomic E-state index is 0.00824. The van der Waals surface area contributed by atoms with Crippen LogP contribution in [0.4, 0.5) is 0 Å². The molecular weight excluding hydrogens is 248 g/mol. The first-order chi connectivity index (χ1) is 8.65. The fourth-order valence-corrected chi connectivity index (χ4v) is 2.56. The number of rotatable bonds is 7. The van der Waals surface area contributed by atoms with Crippen molar-refractivity contribution in [2.75, 3.05) is 20.1 Å². The first-order valence-electron chi connectivity index (χ1n) is 6.31. The van der Waals surface area contributed by atoms with Crippen molar-refractivity contribution in [2.45, 2.75) is 25.5 Å². The molecule has 1 aromatic heterocycles. The lowest BCUT2D eigenvalue weighted by molar-refractivity contribution is -0.122. The zero-order valence-corrected chi connectivity index (χ0v) is 11.4. The fourth-order valence-electron chi connectivity index (χ4n) is 1.91. The Kier molecular flexibility index (Phi) is 4.74. The number of aliphatic hydroxyl groups is 1. The second-order valence-electron chi connectivity index (χ2n) is 4.96. The van der Waals surface area contributed by atoms with Gasteiger partial charge in [0.1, 0.15) is 0 Å². The number of nitrogens with zero attached hydrogens (tertiary/aromatic N) is 1. The van der Waals surface area contributed by atoms with Crippen LogP contribution in [0.2, 0.25) is 0 Å². The van der Waals surface area contributed by atoms with Crippen molar-refractivity contribution in [3.63, 3.8) is 0 Å². The van der Waals surface area contributed by atoms with Crippen LogP contribution in [0.25, 0.3) is 0 Å². The van der Waals surface area contributed by atoms with Gasteiger partial charge in [0, 0.05) is 11.4 Å². The number of hydrogen-bond donors (Lipinski definition) is 2. The lowest BCUT2D eigenvalue weighted by Crippen LogP contribution is -2.38. The fraction of sp³-hybridized carbons (Fsp3) is 0.615. The molecular formula is C13H20N2O2S. The number of aliphatic hydroxyl groups excluding tert-OH is 1. The quantitative estimate of drug-likeness (QED) is 0.777. The van der Waals surface area contributed by atoms with Gasteiger partial charge < -0.3 is 10.4 Å². The molecule has 1 saturated carbocycles. The molecule has 100 valence electrons. The number of hydrogen-bond acceptors (Lipinski definition) is 4. The van der Waals surface area contributed by atoms with Gasteiger partial charge >= 0.3 is 0 Å². The Balaban J connectivity index is 1.63. The van der Waals surface area contributed by atoms with Gasteiger partial charge in [-0.2, -0.15) is 0 Å². The Hall–Kier alpha value is -0.910. The molecule has 1 aliphatic rings. The minimum Gasteiger partial charge on any atom is -0.392 e. The molecule has 2 rings (SSSR count). The minimum atomic E-state index is -0.278. The molecule has 0 aromatic carbocycles. The molecule has 1 atom stereocenters. The van der Waals surface area contributed by atoms with E-state index in [-0.39, 0.29) is 12.0 Å². The van der Waals surface area contributed by atoms with E-state index < -0.39 is 0 Å². The van der Waals surface area contributed by atoms with E-state index in [9.17, 15) is 9.90 Å². The summed E-state index contributed by atoms with van der Waals surface area (Å²) in [6.45, 7) is 1.52. The van der Waals surface area contributed by atoms with Gasteiger partial charge in [-0.15, -0.1) is 11.3 Å². The summed E-state index contributed by atoms with van der Waals surface area (Å²) in [6.07, 6.45) is 1.97. The molecule has 1 amide bonds. The third-order valence-corrected chi connectivity index (χ3v) is 3.99. The largest absolute Gasteiger partial charge is 0.392 e. The lowest BCUT2D eigenvalue weighted by atomic mass is 10.2. The predicted octanol–water partition coefficient (Wildman–Crippen LogP) is 1.07. The van der Waals surface area contributed by atoms with E-state index in [0.717, 1.165) is 17.7 Å². The van der Waals surface area contributed by atoms with Gasteiger partial charge in [-0.3, -0.25) is 9.69 Å². The molecule has 4 nitrogen and oxygen atoms in total. The smallest absolute Gasteiger partial charge is 0.234 e. The highest BCUT2D eigenvalue weighted by molar-refractivity contribution is 7.09. The summed E-state index contributed by atoms with van der Waals surface area (Å²) in [4.78, 5) is 14.7. The van der Waals surface area contributed by atoms with Crippen LogP contribution in [0, 0.1) is 5.92 Å². The average Bonchev–Trinajstić information content (AvgIpc) is 3.04. The topological polar surface area (TPSA) is 52.6 Å². The van der Waals surface area contributed by atoms with Crippen molar-refractivity contribution in [2.24, 2.45) is 5.92 Å². The molecule has 1 heterocycles. The molecule has 1 aliphatic carbocycles. The van der Waals surface area contributed by atoms with E-state index in [4.69, 9.17) is 0 Å². The van der Waals surface area contributed by atoms with Crippen molar-refractivity contribution in [1.29, 1.82) is 0 Å². The summed E-state index contributed by atoms with van der Waals surface area (Å²) in [5, 5.41) is 14.7. The summed E-state index contributed by atoms with van der Waals surface area (Å²) in [5.74, 6) is 0.468. The van der Waals surface area contributed by atoms with Gasteiger partial charge in [-0.1, -0.05) is 6.07 Å². The number of amides is 1. The highest BCUT2D eigenvalue weighted by Gasteiger charge is 2.30. The van der Waals surface area contributed by atoms with Gasteiger partial charge in [0.25, 0.3) is 0 Å². The van der Waals surface area contributed by atoms with Crippen LogP contribution in [0.1, 0.15) is 17.7 Å². The van der Waals surface area contributed by atoms with Crippen LogP contribution in [-0.4, -0.2) is 42.2 Å². The van der Waals surface area contributed by atoms with Crippen LogP contribution in [-0.2, 0) is 11.3 Å². The second-order valence-corrected chi connectivity index (χ2v) is 5.99. The van der Waals surface area contributed by atoms with E-state index in [1.54, 1.807) is 11.3 Å². The summed E-state index contributed by atoms with van der Waals surface area (Å²) in [6, 6.07) is 3.98. The summed E-state index contributed by atoms with van der Waals surface area (Å²) < 4.78 is 0. The van der Waals surface area contributed by atoms with Crippen molar-refractivity contribution in [3.8, 4) is 0 Å². The first kappa shape index (κ1) is 13.5. The number of carbonyl (C=O) groups is 1. The highest BCUT2D eigenvalue weighted by atomic mass is 32.1. The van der Waals surface area contributed by atoms with Crippen LogP contribution >= 0.6 is 11.3 Å². The normalized spacial score (nSPS) is 16.8. The molecule has 0 bridgehead atoms. The monoisotopic (exact) mass is 268 g/mol. The van der Waals surface area contributed by atoms with E-state index in [0.29, 0.717) is 25.6 Å². The highest BCUT2D eigenvalue weighted by Crippen LogP contribution is 2.32. The Morgan fingerprint density at radius 1 is 1.67 bits per heavy atom. The molecule has 1 unspecified atom stereocenters. The number of likely N-dealkylation sites (N-methyl/N-ethyl adjacent to an activating group) is 1. The van der Waals surface area contributed by atoms with Crippen LogP contribution in [0.15, 0.2) is 17.5 Å². The maximum Gasteiger partial charge on any atom is 0.234 e. The standard InChI is InChI=1S/C13H20N2O2S/c1-15(8-12(16)10-4-5-10)9-13(17)14-7-11-3-2-6-18-11/h2-3,6,10,12,16H,4-5,7-9H2,1H3,(H,14,17). The molecule has 0 spiro atoms. The maximum absolute atomic E-state index is 11.7. The summed E-state index contributed by atoms with van der Waals surface area (Å²) in [7, 11) is 1.87. The Morgan fingerprint density at radius 2 is 2.44 bits per heavy atom. The predicted molar refractivity (Wildman–Crippen MR) is 72.4 cm³/mol. The molecule has 2 N–H and O–H groups in total. The van der Waals surface area contributed by atoms with Gasteiger partial charge in [-0.05, 0) is 37.3 Å². The lowest BCUT2D eigenvalue weighted by Gasteiger charge is -2.19. The number of nitrogens with one attached hydrogen (secondary N) is 1. The molecule has 0 aliphatic heterocycles. The molecule has 0 saturated heterocycles. The van der Waals surface area contributed by atoms with Gasteiger partial charge in [0.15, 0.2) is 0 Å². The number of carbonyl (C=O) groups excluding carboxylic acids is 1. The van der Waals surface area contributed by atoms with Gasteiger partial charge in [0.2, 0.25) is 5.91 Å². The maximum atomic E-state index is 11.7. The second kappa shape index (κ2) is 6.31. The van der Waals surface area contributed by atoms with E-state index in [1.807, 2.05) is 29.5 Å². The van der Waals surface area contributed by atoms with Crippen LogP contribution in [0.5, 0.6) is 0 Å². The number of thiophene rings is 1. The molecule has 0 radical (unpaired) electrons. The first-order valence-corrected chi connectivity index (χ1v) is 7.19. The SMILES string of the molecule is CN(CC(=O)NCc1cccs1)CC(O)C1CC1. The zero-order chi connectivity index (χ0) is 13.0. The summed E-state index contributed by atoms with van der Waals surface area (Å²) in [5.41, 5.74) is 0. The Morgan fingerprint density at radius 3 is 3.06 bits per heavy atom. The van der Waals surface area contributed by atoms with Gasteiger partial charge in [0.05, 0.1) is 19.2 Å². The molecule has 1 fully saturated rings. The van der Waals surface area contributed by atoms with E-state index >= 15 is 0 Å². The Bertz CT molecular complexity index is 376. The van der Waals surface area contributed by atoms with Gasteiger partial charge in [-0.25, -0.2) is 0 Å². The molecule has 18 heavy (non-hydrogen) atoms. The van der Waals surface area contributed by atoms with Crippen molar-refractivity contribution in [3.05, 3.63) is 22.4 Å². The van der Waals surface area contributed by atoms with Crippen molar-refractivity contribution >= 4 is 17.2 Å². The van der Waals surface area contributed by atoms with E-state index in [1.165, 1.54) is 0 Å². The van der Waals surface area contributed by atoms with Crippen molar-refractivity contribution < 1.29 is 9.90 Å². The molecule has 1 aromatic rings. The third-order valence-electron chi connectivity index (χ3n) is 3.12. The molecule has 5 heteroatoms. The van der Waals surface area contributed by atoms with Crippen molar-refractivity contribution in [1.82, 2.24) is 10.2 Å². The zero-order valence-electron chi connectivity index (χ0n) is 10.6. The van der Waals surface area contributed by atoms with Crippen LogP contribution < -0.4 is 5.32 Å².